The number of carbonyl (C=O) groups excluding carboxylic acids is 1. The number of nitrogens with one attached hydrogen (secondary N) is 2. The standard InChI is InChI=1S/C17H22ClFN2O2/c1-15(2,3)23-14(22)21-17-8-16(9-17,10-17)20-7-11-5-4-6-12(18)13(11)19/h4-6,20H,7-10H2,1-3H3,(H,21,22). The van der Waals surface area contributed by atoms with Crippen LogP contribution in [0.25, 0.3) is 0 Å². The maximum absolute atomic E-state index is 13.9. The van der Waals surface area contributed by atoms with E-state index < -0.39 is 5.60 Å². The number of halogens is 2. The van der Waals surface area contributed by atoms with Crippen molar-refractivity contribution in [2.75, 3.05) is 0 Å². The molecule has 1 amide bonds. The van der Waals surface area contributed by atoms with Crippen molar-refractivity contribution in [1.29, 1.82) is 0 Å². The Bertz CT molecular complexity index is 622. The molecule has 3 aliphatic rings. The molecule has 0 spiro atoms. The number of ether oxygens (including phenoxy) is 1. The van der Waals surface area contributed by atoms with Gasteiger partial charge in [-0.1, -0.05) is 23.7 Å². The van der Waals surface area contributed by atoms with Gasteiger partial charge in [-0.15, -0.1) is 0 Å². The predicted octanol–water partition coefficient (Wildman–Crippen LogP) is 3.77. The van der Waals surface area contributed by atoms with Gasteiger partial charge < -0.3 is 15.4 Å². The van der Waals surface area contributed by atoms with Crippen LogP contribution in [0.15, 0.2) is 18.2 Å². The summed E-state index contributed by atoms with van der Waals surface area (Å²) in [5.74, 6) is -0.366. The second-order valence-corrected chi connectivity index (χ2v) is 8.19. The molecule has 4 rings (SSSR count). The largest absolute Gasteiger partial charge is 0.444 e. The van der Waals surface area contributed by atoms with Gasteiger partial charge in [-0.3, -0.25) is 0 Å². The molecule has 0 aliphatic heterocycles. The average Bonchev–Trinajstić information content (AvgIpc) is 2.33. The maximum Gasteiger partial charge on any atom is 0.408 e. The molecule has 2 bridgehead atoms. The van der Waals surface area contributed by atoms with Crippen LogP contribution in [-0.2, 0) is 11.3 Å². The Kier molecular flexibility index (Phi) is 3.84. The van der Waals surface area contributed by atoms with Crippen LogP contribution < -0.4 is 10.6 Å². The first-order valence-corrected chi connectivity index (χ1v) is 8.19. The summed E-state index contributed by atoms with van der Waals surface area (Å²) in [5, 5.41) is 6.51. The van der Waals surface area contributed by atoms with E-state index in [1.807, 2.05) is 20.8 Å². The Morgan fingerprint density at radius 2 is 1.96 bits per heavy atom. The molecular weight excluding hydrogens is 319 g/mol. The number of carbonyl (C=O) groups is 1. The molecule has 1 aromatic rings. The van der Waals surface area contributed by atoms with Gasteiger partial charge in [-0.05, 0) is 46.1 Å². The number of hydrogen-bond acceptors (Lipinski definition) is 3. The molecule has 23 heavy (non-hydrogen) atoms. The van der Waals surface area contributed by atoms with Crippen LogP contribution in [0.5, 0.6) is 0 Å². The first-order chi connectivity index (χ1) is 10.6. The minimum absolute atomic E-state index is 0.00374. The first-order valence-electron chi connectivity index (χ1n) is 7.81. The lowest BCUT2D eigenvalue weighted by Gasteiger charge is -2.70. The second-order valence-electron chi connectivity index (χ2n) is 7.78. The van der Waals surface area contributed by atoms with E-state index in [1.165, 1.54) is 0 Å². The van der Waals surface area contributed by atoms with E-state index in [0.717, 1.165) is 19.3 Å². The van der Waals surface area contributed by atoms with Gasteiger partial charge >= 0.3 is 6.09 Å². The third-order valence-electron chi connectivity index (χ3n) is 4.48. The minimum atomic E-state index is -0.492. The lowest BCUT2D eigenvalue weighted by Crippen LogP contribution is -2.83. The average molecular weight is 341 g/mol. The fourth-order valence-electron chi connectivity index (χ4n) is 3.60. The SMILES string of the molecule is CC(C)(C)OC(=O)NC12CC(NCc3cccc(Cl)c3F)(C1)C2. The third kappa shape index (κ3) is 3.31. The number of rotatable bonds is 4. The number of alkyl carbamates (subject to hydrolysis) is 1. The fraction of sp³-hybridized carbons (Fsp3) is 0.588. The summed E-state index contributed by atoms with van der Waals surface area (Å²) in [4.78, 5) is 11.8. The zero-order valence-corrected chi connectivity index (χ0v) is 14.4. The van der Waals surface area contributed by atoms with Crippen molar-refractivity contribution < 1.29 is 13.9 Å². The Balaban J connectivity index is 1.48. The van der Waals surface area contributed by atoms with E-state index in [4.69, 9.17) is 16.3 Å². The number of amides is 1. The van der Waals surface area contributed by atoms with Gasteiger partial charge in [-0.2, -0.15) is 0 Å². The van der Waals surface area contributed by atoms with Crippen LogP contribution in [0, 0.1) is 5.82 Å². The third-order valence-corrected chi connectivity index (χ3v) is 4.77. The molecule has 0 aromatic heterocycles. The summed E-state index contributed by atoms with van der Waals surface area (Å²) in [6.07, 6.45) is 2.18. The van der Waals surface area contributed by atoms with Gasteiger partial charge in [0.05, 0.1) is 5.02 Å². The Morgan fingerprint density at radius 1 is 1.30 bits per heavy atom. The van der Waals surface area contributed by atoms with Crippen molar-refractivity contribution in [3.63, 3.8) is 0 Å². The van der Waals surface area contributed by atoms with Crippen molar-refractivity contribution in [1.82, 2.24) is 10.6 Å². The molecule has 0 saturated heterocycles. The molecule has 0 radical (unpaired) electrons. The van der Waals surface area contributed by atoms with Crippen molar-refractivity contribution in [3.05, 3.63) is 34.6 Å². The molecule has 0 atom stereocenters. The van der Waals surface area contributed by atoms with Crippen molar-refractivity contribution in [3.8, 4) is 0 Å². The summed E-state index contributed by atoms with van der Waals surface area (Å²) in [7, 11) is 0. The topological polar surface area (TPSA) is 50.4 Å². The van der Waals surface area contributed by atoms with Gasteiger partial charge in [0.15, 0.2) is 0 Å². The Morgan fingerprint density at radius 3 is 2.57 bits per heavy atom. The molecule has 1 aromatic carbocycles. The van der Waals surface area contributed by atoms with E-state index in [0.29, 0.717) is 12.1 Å². The van der Waals surface area contributed by atoms with Crippen LogP contribution in [-0.4, -0.2) is 22.8 Å². The lowest BCUT2D eigenvalue weighted by atomic mass is 9.44. The van der Waals surface area contributed by atoms with Crippen LogP contribution in [0.2, 0.25) is 5.02 Å². The van der Waals surface area contributed by atoms with Gasteiger partial charge in [-0.25, -0.2) is 9.18 Å². The minimum Gasteiger partial charge on any atom is -0.444 e. The van der Waals surface area contributed by atoms with Crippen molar-refractivity contribution in [2.24, 2.45) is 0 Å². The molecule has 6 heteroatoms. The quantitative estimate of drug-likeness (QED) is 0.877. The first kappa shape index (κ1) is 16.5. The molecule has 0 heterocycles. The van der Waals surface area contributed by atoms with Gasteiger partial charge in [0.2, 0.25) is 0 Å². The van der Waals surface area contributed by atoms with Crippen LogP contribution in [0.4, 0.5) is 9.18 Å². The molecule has 4 nitrogen and oxygen atoms in total. The zero-order valence-electron chi connectivity index (χ0n) is 13.6. The molecule has 3 aliphatic carbocycles. The van der Waals surface area contributed by atoms with E-state index in [2.05, 4.69) is 10.6 Å². The summed E-state index contributed by atoms with van der Waals surface area (Å²) in [5.41, 5.74) is -0.0732. The van der Waals surface area contributed by atoms with E-state index in [1.54, 1.807) is 18.2 Å². The van der Waals surface area contributed by atoms with Crippen LogP contribution in [0.1, 0.15) is 45.6 Å². The Hall–Kier alpha value is -1.33. The normalized spacial score (nSPS) is 28.6. The van der Waals surface area contributed by atoms with Gasteiger partial charge in [0.1, 0.15) is 11.4 Å². The Labute approximate surface area is 140 Å². The smallest absolute Gasteiger partial charge is 0.408 e. The molecular formula is C17H22ClFN2O2. The highest BCUT2D eigenvalue weighted by Gasteiger charge is 2.68. The summed E-state index contributed by atoms with van der Waals surface area (Å²) in [6, 6.07) is 5.02. The monoisotopic (exact) mass is 340 g/mol. The highest BCUT2D eigenvalue weighted by Crippen LogP contribution is 2.60. The van der Waals surface area contributed by atoms with Crippen LogP contribution in [0.3, 0.4) is 0 Å². The van der Waals surface area contributed by atoms with Crippen molar-refractivity contribution in [2.45, 2.75) is 63.3 Å². The van der Waals surface area contributed by atoms with Crippen LogP contribution >= 0.6 is 11.6 Å². The second kappa shape index (κ2) is 5.35. The van der Waals surface area contributed by atoms with Gasteiger partial charge in [0, 0.05) is 23.2 Å². The highest BCUT2D eigenvalue weighted by molar-refractivity contribution is 6.30. The van der Waals surface area contributed by atoms with Gasteiger partial charge in [0.25, 0.3) is 0 Å². The fourth-order valence-corrected chi connectivity index (χ4v) is 3.79. The zero-order chi connectivity index (χ0) is 16.9. The molecule has 2 N–H and O–H groups in total. The number of benzene rings is 1. The summed E-state index contributed by atoms with van der Waals surface area (Å²) < 4.78 is 19.2. The highest BCUT2D eigenvalue weighted by atomic mass is 35.5. The molecule has 3 saturated carbocycles. The lowest BCUT2D eigenvalue weighted by molar-refractivity contribution is -0.105. The molecule has 126 valence electrons. The maximum atomic E-state index is 13.9. The van der Waals surface area contributed by atoms with Crippen molar-refractivity contribution >= 4 is 17.7 Å². The van der Waals surface area contributed by atoms with E-state index >= 15 is 0 Å². The van der Waals surface area contributed by atoms with E-state index in [-0.39, 0.29) is 28.0 Å². The molecule has 0 unspecified atom stereocenters. The summed E-state index contributed by atoms with van der Waals surface area (Å²) in [6.45, 7) is 5.97. The predicted molar refractivity (Wildman–Crippen MR) is 86.9 cm³/mol. The van der Waals surface area contributed by atoms with E-state index in [9.17, 15) is 9.18 Å². The summed E-state index contributed by atoms with van der Waals surface area (Å²) >= 11 is 5.79. The molecule has 3 fully saturated rings. The number of hydrogen-bond donors (Lipinski definition) is 2.